The number of hydrogen-bond acceptors (Lipinski definition) is 3. The number of imidazole rings is 1. The summed E-state index contributed by atoms with van der Waals surface area (Å²) in [5.74, 6) is 2.05. The molecule has 0 radical (unpaired) electrons. The maximum Gasteiger partial charge on any atom is 0.227 e. The van der Waals surface area contributed by atoms with E-state index in [1.165, 1.54) is 0 Å². The fourth-order valence-corrected chi connectivity index (χ4v) is 5.46. The maximum atomic E-state index is 12.9. The Hall–Kier alpha value is -2.83. The predicted molar refractivity (Wildman–Crippen MR) is 149 cm³/mol. The molecule has 0 bridgehead atoms. The molecule has 36 heavy (non-hydrogen) atoms. The number of para-hydroxylation sites is 2. The van der Waals surface area contributed by atoms with Crippen molar-refractivity contribution in [2.45, 2.75) is 45.6 Å². The number of halogens is 2. The zero-order valence-electron chi connectivity index (χ0n) is 20.5. The molecule has 0 spiro atoms. The van der Waals surface area contributed by atoms with E-state index in [4.69, 9.17) is 21.3 Å². The van der Waals surface area contributed by atoms with Gasteiger partial charge in [0.15, 0.2) is 0 Å². The lowest BCUT2D eigenvalue weighted by atomic mass is 10.1. The highest BCUT2D eigenvalue weighted by molar-refractivity contribution is 9.10. The standard InChI is InChI=1S/C29H29BrClN3O2/c1-19-14-24(15-20(2)28(19)31)36-13-6-5-12-33-26-11-4-3-10-25(26)32-29(33)21-16-27(35)34(18-21)23-9-7-8-22(30)17-23/h3-4,7-11,14-15,17,21H,5-6,12-13,16,18H2,1-2H3. The van der Waals surface area contributed by atoms with Crippen LogP contribution in [0.25, 0.3) is 11.0 Å². The summed E-state index contributed by atoms with van der Waals surface area (Å²) in [5, 5.41) is 0.797. The van der Waals surface area contributed by atoms with Crippen molar-refractivity contribution < 1.29 is 9.53 Å². The number of benzene rings is 3. The summed E-state index contributed by atoms with van der Waals surface area (Å²) >= 11 is 9.80. The van der Waals surface area contributed by atoms with Gasteiger partial charge in [-0.3, -0.25) is 4.79 Å². The van der Waals surface area contributed by atoms with E-state index in [2.05, 4.69) is 26.6 Å². The molecule has 7 heteroatoms. The summed E-state index contributed by atoms with van der Waals surface area (Å²) in [4.78, 5) is 19.8. The Bertz CT molecular complexity index is 1390. The topological polar surface area (TPSA) is 47.4 Å². The van der Waals surface area contributed by atoms with Gasteiger partial charge in [-0.25, -0.2) is 4.98 Å². The van der Waals surface area contributed by atoms with E-state index < -0.39 is 0 Å². The number of nitrogens with zero attached hydrogens (tertiary/aromatic N) is 3. The van der Waals surface area contributed by atoms with Crippen LogP contribution in [-0.2, 0) is 11.3 Å². The number of aryl methyl sites for hydroxylation is 3. The first-order chi connectivity index (χ1) is 17.4. The van der Waals surface area contributed by atoms with Gasteiger partial charge in [-0.2, -0.15) is 0 Å². The number of unbranched alkanes of at least 4 members (excludes halogenated alkanes) is 1. The van der Waals surface area contributed by atoms with Crippen LogP contribution in [0.2, 0.25) is 5.02 Å². The van der Waals surface area contributed by atoms with Crippen LogP contribution in [0.4, 0.5) is 5.69 Å². The number of rotatable bonds is 8. The average Bonchev–Trinajstić information content (AvgIpc) is 3.42. The minimum atomic E-state index is 0.0557. The third kappa shape index (κ3) is 5.16. The van der Waals surface area contributed by atoms with Crippen LogP contribution in [0.5, 0.6) is 5.75 Å². The number of ether oxygens (including phenoxy) is 1. The molecule has 5 nitrogen and oxygen atoms in total. The van der Waals surface area contributed by atoms with Crippen LogP contribution in [0.3, 0.4) is 0 Å². The maximum absolute atomic E-state index is 12.9. The fourth-order valence-electron chi connectivity index (χ4n) is 4.97. The second-order valence-corrected chi connectivity index (χ2v) is 10.7. The Balaban J connectivity index is 1.28. The van der Waals surface area contributed by atoms with E-state index >= 15 is 0 Å². The van der Waals surface area contributed by atoms with E-state index in [0.29, 0.717) is 19.6 Å². The number of aromatic nitrogens is 2. The van der Waals surface area contributed by atoms with Gasteiger partial charge >= 0.3 is 0 Å². The van der Waals surface area contributed by atoms with Crippen molar-refractivity contribution in [3.63, 3.8) is 0 Å². The summed E-state index contributed by atoms with van der Waals surface area (Å²) in [6.07, 6.45) is 2.34. The van der Waals surface area contributed by atoms with Crippen LogP contribution in [0, 0.1) is 13.8 Å². The molecule has 1 unspecified atom stereocenters. The largest absolute Gasteiger partial charge is 0.494 e. The Kier molecular flexibility index (Phi) is 7.35. The summed E-state index contributed by atoms with van der Waals surface area (Å²) in [6, 6.07) is 20.1. The zero-order chi connectivity index (χ0) is 25.2. The highest BCUT2D eigenvalue weighted by atomic mass is 79.9. The summed E-state index contributed by atoms with van der Waals surface area (Å²) in [6.45, 7) is 6.11. The smallest absolute Gasteiger partial charge is 0.227 e. The number of carbonyl (C=O) groups is 1. The van der Waals surface area contributed by atoms with Crippen molar-refractivity contribution in [1.29, 1.82) is 0 Å². The van der Waals surface area contributed by atoms with Gasteiger partial charge in [-0.05, 0) is 80.3 Å². The average molecular weight is 567 g/mol. The highest BCUT2D eigenvalue weighted by Crippen LogP contribution is 2.34. The minimum absolute atomic E-state index is 0.0557. The van der Waals surface area contributed by atoms with Gasteiger partial charge in [0.1, 0.15) is 11.6 Å². The first-order valence-corrected chi connectivity index (χ1v) is 13.5. The monoisotopic (exact) mass is 565 g/mol. The molecule has 1 amide bonds. The van der Waals surface area contributed by atoms with Gasteiger partial charge in [0, 0.05) is 40.6 Å². The number of fused-ring (bicyclic) bond motifs is 1. The van der Waals surface area contributed by atoms with E-state index in [1.807, 2.05) is 73.3 Å². The molecule has 0 saturated carbocycles. The van der Waals surface area contributed by atoms with Crippen molar-refractivity contribution >= 4 is 50.2 Å². The zero-order valence-corrected chi connectivity index (χ0v) is 22.8. The molecule has 3 aromatic carbocycles. The SMILES string of the molecule is Cc1cc(OCCCCn2c(C3CC(=O)N(c4cccc(Br)c4)C3)nc3ccccc32)cc(C)c1Cl. The predicted octanol–water partition coefficient (Wildman–Crippen LogP) is 7.45. The lowest BCUT2D eigenvalue weighted by Gasteiger charge is -2.18. The van der Waals surface area contributed by atoms with Crippen LogP contribution in [0.15, 0.2) is 65.1 Å². The summed E-state index contributed by atoms with van der Waals surface area (Å²) < 4.78 is 9.27. The number of hydrogen-bond donors (Lipinski definition) is 0. The third-order valence-electron chi connectivity index (χ3n) is 6.75. The van der Waals surface area contributed by atoms with Crippen LogP contribution < -0.4 is 9.64 Å². The molecule has 1 aliphatic rings. The second kappa shape index (κ2) is 10.7. The van der Waals surface area contributed by atoms with Gasteiger partial charge in [0.2, 0.25) is 5.91 Å². The van der Waals surface area contributed by atoms with Crippen molar-refractivity contribution in [2.75, 3.05) is 18.1 Å². The first-order valence-electron chi connectivity index (χ1n) is 12.3. The highest BCUT2D eigenvalue weighted by Gasteiger charge is 2.34. The molecular weight excluding hydrogens is 538 g/mol. The van der Waals surface area contributed by atoms with Crippen LogP contribution >= 0.6 is 27.5 Å². The van der Waals surface area contributed by atoms with Crippen molar-refractivity contribution in [2.24, 2.45) is 0 Å². The molecule has 1 fully saturated rings. The molecule has 2 heterocycles. The van der Waals surface area contributed by atoms with E-state index in [0.717, 1.165) is 68.3 Å². The molecule has 1 atom stereocenters. The fraction of sp³-hybridized carbons (Fsp3) is 0.310. The van der Waals surface area contributed by atoms with Gasteiger partial charge in [0.25, 0.3) is 0 Å². The normalized spacial score (nSPS) is 15.7. The Labute approximate surface area is 225 Å². The second-order valence-electron chi connectivity index (χ2n) is 9.42. The van der Waals surface area contributed by atoms with E-state index in [-0.39, 0.29) is 11.8 Å². The lowest BCUT2D eigenvalue weighted by molar-refractivity contribution is -0.117. The number of carbonyl (C=O) groups excluding carboxylic acids is 1. The lowest BCUT2D eigenvalue weighted by Crippen LogP contribution is -2.24. The van der Waals surface area contributed by atoms with Crippen molar-refractivity contribution in [1.82, 2.24) is 9.55 Å². The van der Waals surface area contributed by atoms with Crippen molar-refractivity contribution in [3.8, 4) is 5.75 Å². The molecule has 0 N–H and O–H groups in total. The van der Waals surface area contributed by atoms with Crippen LogP contribution in [0.1, 0.15) is 42.1 Å². The third-order valence-corrected chi connectivity index (χ3v) is 7.84. The molecule has 4 aromatic rings. The number of anilines is 1. The molecular formula is C29H29BrClN3O2. The quantitative estimate of drug-likeness (QED) is 0.208. The van der Waals surface area contributed by atoms with Gasteiger partial charge < -0.3 is 14.2 Å². The molecule has 5 rings (SSSR count). The molecule has 0 aliphatic carbocycles. The van der Waals surface area contributed by atoms with E-state index in [9.17, 15) is 4.79 Å². The first kappa shape index (κ1) is 24.8. The Morgan fingerprint density at radius 3 is 2.61 bits per heavy atom. The molecule has 1 aromatic heterocycles. The summed E-state index contributed by atoms with van der Waals surface area (Å²) in [7, 11) is 0. The molecule has 1 aliphatic heterocycles. The van der Waals surface area contributed by atoms with E-state index in [1.54, 1.807) is 0 Å². The summed E-state index contributed by atoms with van der Waals surface area (Å²) in [5.41, 5.74) is 5.08. The number of amides is 1. The Morgan fingerprint density at radius 2 is 1.83 bits per heavy atom. The van der Waals surface area contributed by atoms with Crippen molar-refractivity contribution in [3.05, 3.63) is 87.1 Å². The molecule has 1 saturated heterocycles. The van der Waals surface area contributed by atoms with Gasteiger partial charge in [-0.1, -0.05) is 45.7 Å². The Morgan fingerprint density at radius 1 is 1.06 bits per heavy atom. The van der Waals surface area contributed by atoms with Gasteiger partial charge in [0.05, 0.1) is 17.6 Å². The van der Waals surface area contributed by atoms with Crippen LogP contribution in [-0.4, -0.2) is 28.6 Å². The minimum Gasteiger partial charge on any atom is -0.494 e. The molecule has 186 valence electrons. The van der Waals surface area contributed by atoms with Gasteiger partial charge in [-0.15, -0.1) is 0 Å².